The predicted octanol–water partition coefficient (Wildman–Crippen LogP) is 2.53. The highest BCUT2D eigenvalue weighted by Crippen LogP contribution is 2.26. The summed E-state index contributed by atoms with van der Waals surface area (Å²) < 4.78 is 0. The normalized spacial score (nSPS) is 17.4. The van der Waals surface area contributed by atoms with Gasteiger partial charge in [-0.2, -0.15) is 11.8 Å². The number of para-hydroxylation sites is 1. The van der Waals surface area contributed by atoms with Gasteiger partial charge in [-0.1, -0.05) is 18.2 Å². The van der Waals surface area contributed by atoms with Crippen LogP contribution in [-0.4, -0.2) is 39.6 Å². The van der Waals surface area contributed by atoms with E-state index >= 15 is 0 Å². The van der Waals surface area contributed by atoms with E-state index in [9.17, 15) is 9.90 Å². The smallest absolute Gasteiger partial charge is 0.253 e. The van der Waals surface area contributed by atoms with Crippen LogP contribution >= 0.6 is 11.8 Å². The molecule has 1 fully saturated rings. The van der Waals surface area contributed by atoms with Gasteiger partial charge in [0.25, 0.3) is 5.91 Å². The number of benzene rings is 1. The van der Waals surface area contributed by atoms with Gasteiger partial charge in [0, 0.05) is 17.6 Å². The molecule has 1 aliphatic heterocycles. The fraction of sp³-hybridized carbons (Fsp3) is 0.412. The zero-order chi connectivity index (χ0) is 15.6. The van der Waals surface area contributed by atoms with Crippen molar-refractivity contribution in [3.63, 3.8) is 0 Å². The molecule has 0 atom stereocenters. The third-order valence-corrected chi connectivity index (χ3v) is 5.09. The van der Waals surface area contributed by atoms with E-state index in [1.165, 1.54) is 0 Å². The molecular formula is C17H20N2O2S. The lowest BCUT2D eigenvalue weighted by Crippen LogP contribution is -2.45. The Bertz CT molecular complexity index is 696. The van der Waals surface area contributed by atoms with Gasteiger partial charge < -0.3 is 10.4 Å². The minimum atomic E-state index is -0.769. The summed E-state index contributed by atoms with van der Waals surface area (Å²) in [6, 6.07) is 9.50. The second-order valence-corrected chi connectivity index (χ2v) is 7.07. The van der Waals surface area contributed by atoms with Gasteiger partial charge >= 0.3 is 0 Å². The molecule has 5 heteroatoms. The van der Waals surface area contributed by atoms with Crippen LogP contribution in [0.25, 0.3) is 10.9 Å². The Morgan fingerprint density at radius 2 is 2.09 bits per heavy atom. The summed E-state index contributed by atoms with van der Waals surface area (Å²) in [4.78, 5) is 17.0. The molecule has 1 saturated heterocycles. The predicted molar refractivity (Wildman–Crippen MR) is 90.3 cm³/mol. The second-order valence-electron chi connectivity index (χ2n) is 5.85. The molecule has 0 unspecified atom stereocenters. The van der Waals surface area contributed by atoms with Gasteiger partial charge in [0.05, 0.1) is 16.7 Å². The number of nitrogens with zero attached hydrogens (tertiary/aromatic N) is 1. The molecule has 1 aromatic carbocycles. The quantitative estimate of drug-likeness (QED) is 0.913. The number of amides is 1. The van der Waals surface area contributed by atoms with Crippen molar-refractivity contribution < 1.29 is 9.90 Å². The first-order chi connectivity index (χ1) is 10.6. The lowest BCUT2D eigenvalue weighted by molar-refractivity contribution is 0.0311. The highest BCUT2D eigenvalue weighted by atomic mass is 32.2. The number of pyridine rings is 1. The van der Waals surface area contributed by atoms with Crippen LogP contribution in [0, 0.1) is 6.92 Å². The second kappa shape index (κ2) is 6.26. The maximum atomic E-state index is 12.5. The molecule has 1 aliphatic rings. The van der Waals surface area contributed by atoms with Crippen molar-refractivity contribution in [1.29, 1.82) is 0 Å². The maximum absolute atomic E-state index is 12.5. The van der Waals surface area contributed by atoms with Crippen molar-refractivity contribution in [3.05, 3.63) is 41.6 Å². The Labute approximate surface area is 134 Å². The molecule has 3 rings (SSSR count). The highest BCUT2D eigenvalue weighted by molar-refractivity contribution is 7.99. The summed E-state index contributed by atoms with van der Waals surface area (Å²) in [6.45, 7) is 2.21. The van der Waals surface area contributed by atoms with Crippen molar-refractivity contribution in [1.82, 2.24) is 10.3 Å². The number of hydrogen-bond donors (Lipinski definition) is 2. The molecule has 0 aliphatic carbocycles. The standard InChI is InChI=1S/C17H20N2O2S/c1-12-5-6-13-3-2-4-14(15(13)19-12)16(20)18-11-17(21)7-9-22-10-8-17/h2-6,21H,7-11H2,1H3,(H,18,20). The van der Waals surface area contributed by atoms with Gasteiger partial charge in [0.1, 0.15) is 0 Å². The van der Waals surface area contributed by atoms with Crippen LogP contribution in [0.5, 0.6) is 0 Å². The van der Waals surface area contributed by atoms with Crippen LogP contribution in [0.4, 0.5) is 0 Å². The summed E-state index contributed by atoms with van der Waals surface area (Å²) in [5.41, 5.74) is 1.39. The van der Waals surface area contributed by atoms with Crippen molar-refractivity contribution in [2.75, 3.05) is 18.1 Å². The molecule has 1 amide bonds. The monoisotopic (exact) mass is 316 g/mol. The van der Waals surface area contributed by atoms with E-state index in [0.717, 1.165) is 35.4 Å². The number of aliphatic hydroxyl groups is 1. The molecule has 0 radical (unpaired) electrons. The van der Waals surface area contributed by atoms with Crippen molar-refractivity contribution in [2.24, 2.45) is 0 Å². The third kappa shape index (κ3) is 3.25. The molecule has 22 heavy (non-hydrogen) atoms. The molecule has 1 aromatic heterocycles. The van der Waals surface area contributed by atoms with Gasteiger partial charge in [-0.25, -0.2) is 0 Å². The van der Waals surface area contributed by atoms with Crippen LogP contribution < -0.4 is 5.32 Å². The first-order valence-corrected chi connectivity index (χ1v) is 8.68. The number of rotatable bonds is 3. The Morgan fingerprint density at radius 3 is 2.86 bits per heavy atom. The summed E-state index contributed by atoms with van der Waals surface area (Å²) >= 11 is 1.85. The number of carbonyl (C=O) groups is 1. The molecular weight excluding hydrogens is 296 g/mol. The van der Waals surface area contributed by atoms with Gasteiger partial charge in [-0.15, -0.1) is 0 Å². The first-order valence-electron chi connectivity index (χ1n) is 7.52. The van der Waals surface area contributed by atoms with E-state index in [1.54, 1.807) is 6.07 Å². The molecule has 2 aromatic rings. The van der Waals surface area contributed by atoms with Gasteiger partial charge in [0.15, 0.2) is 0 Å². The fourth-order valence-electron chi connectivity index (χ4n) is 2.70. The third-order valence-electron chi connectivity index (χ3n) is 4.11. The molecule has 0 spiro atoms. The van der Waals surface area contributed by atoms with E-state index in [4.69, 9.17) is 0 Å². The van der Waals surface area contributed by atoms with Crippen molar-refractivity contribution in [3.8, 4) is 0 Å². The maximum Gasteiger partial charge on any atom is 0.253 e. The van der Waals surface area contributed by atoms with E-state index in [1.807, 2.05) is 43.0 Å². The zero-order valence-corrected chi connectivity index (χ0v) is 13.4. The summed E-state index contributed by atoms with van der Waals surface area (Å²) in [5, 5.41) is 14.3. The number of nitrogens with one attached hydrogen (secondary N) is 1. The molecule has 0 saturated carbocycles. The number of aromatic nitrogens is 1. The van der Waals surface area contributed by atoms with Crippen LogP contribution in [0.1, 0.15) is 28.9 Å². The lowest BCUT2D eigenvalue weighted by atomic mass is 9.96. The van der Waals surface area contributed by atoms with E-state index in [0.29, 0.717) is 17.6 Å². The Balaban J connectivity index is 1.79. The lowest BCUT2D eigenvalue weighted by Gasteiger charge is -2.31. The van der Waals surface area contributed by atoms with Crippen LogP contribution in [-0.2, 0) is 0 Å². The molecule has 4 nitrogen and oxygen atoms in total. The largest absolute Gasteiger partial charge is 0.388 e. The average Bonchev–Trinajstić information content (AvgIpc) is 2.53. The Kier molecular flexibility index (Phi) is 4.36. The molecule has 2 heterocycles. The zero-order valence-electron chi connectivity index (χ0n) is 12.6. The summed E-state index contributed by atoms with van der Waals surface area (Å²) in [5.74, 6) is 1.72. The Morgan fingerprint density at radius 1 is 1.32 bits per heavy atom. The van der Waals surface area contributed by atoms with Crippen LogP contribution in [0.2, 0.25) is 0 Å². The summed E-state index contributed by atoms with van der Waals surface area (Å²) in [7, 11) is 0. The van der Waals surface area contributed by atoms with Crippen molar-refractivity contribution >= 4 is 28.6 Å². The van der Waals surface area contributed by atoms with E-state index in [-0.39, 0.29) is 5.91 Å². The SMILES string of the molecule is Cc1ccc2cccc(C(=O)NCC3(O)CCSCC3)c2n1. The number of carbonyl (C=O) groups excluding carboxylic acids is 1. The van der Waals surface area contributed by atoms with Gasteiger partial charge in [0.2, 0.25) is 0 Å². The first kappa shape index (κ1) is 15.3. The number of hydrogen-bond acceptors (Lipinski definition) is 4. The van der Waals surface area contributed by atoms with Crippen LogP contribution in [0.3, 0.4) is 0 Å². The van der Waals surface area contributed by atoms with E-state index < -0.39 is 5.60 Å². The van der Waals surface area contributed by atoms with Gasteiger partial charge in [-0.05, 0) is 43.4 Å². The topological polar surface area (TPSA) is 62.2 Å². The number of aryl methyl sites for hydroxylation is 1. The average molecular weight is 316 g/mol. The minimum Gasteiger partial charge on any atom is -0.388 e. The summed E-state index contributed by atoms with van der Waals surface area (Å²) in [6.07, 6.45) is 1.45. The Hall–Kier alpha value is -1.59. The minimum absolute atomic E-state index is 0.171. The highest BCUT2D eigenvalue weighted by Gasteiger charge is 2.30. The molecule has 2 N–H and O–H groups in total. The van der Waals surface area contributed by atoms with Crippen molar-refractivity contribution in [2.45, 2.75) is 25.4 Å². The number of fused-ring (bicyclic) bond motifs is 1. The molecule has 0 bridgehead atoms. The number of thioether (sulfide) groups is 1. The van der Waals surface area contributed by atoms with Crippen LogP contribution in [0.15, 0.2) is 30.3 Å². The fourth-order valence-corrected chi connectivity index (χ4v) is 3.95. The van der Waals surface area contributed by atoms with Gasteiger partial charge in [-0.3, -0.25) is 9.78 Å². The molecule has 116 valence electrons. The van der Waals surface area contributed by atoms with E-state index in [2.05, 4.69) is 10.3 Å².